The molecule has 0 unspecified atom stereocenters. The van der Waals surface area contributed by atoms with Crippen LogP contribution < -0.4 is 10.3 Å². The Morgan fingerprint density at radius 3 is 2.58 bits per heavy atom. The zero-order valence-corrected chi connectivity index (χ0v) is 19.6. The average Bonchev–Trinajstić information content (AvgIpc) is 2.76. The Labute approximate surface area is 186 Å². The van der Waals surface area contributed by atoms with E-state index in [0.29, 0.717) is 11.7 Å². The molecule has 170 valence electrons. The first-order chi connectivity index (χ1) is 14.9. The van der Waals surface area contributed by atoms with E-state index in [2.05, 4.69) is 25.8 Å². The summed E-state index contributed by atoms with van der Waals surface area (Å²) in [6.07, 6.45) is 7.80. The molecule has 1 aromatic heterocycles. The number of aromatic amines is 1. The van der Waals surface area contributed by atoms with Crippen molar-refractivity contribution in [2.75, 3.05) is 20.2 Å². The lowest BCUT2D eigenvalue weighted by atomic mass is 9.81. The molecule has 2 aromatic rings. The smallest absolute Gasteiger partial charge is 0.252 e. The molecule has 0 radical (unpaired) electrons. The van der Waals surface area contributed by atoms with Crippen LogP contribution in [0.25, 0.3) is 10.9 Å². The van der Waals surface area contributed by atoms with E-state index in [-0.39, 0.29) is 23.8 Å². The molecular formula is C26H38N2O3. The minimum atomic E-state index is -0.0420. The van der Waals surface area contributed by atoms with E-state index in [0.717, 1.165) is 73.6 Å². The van der Waals surface area contributed by atoms with E-state index in [9.17, 15) is 9.59 Å². The number of amides is 1. The first-order valence-electron chi connectivity index (χ1n) is 11.9. The highest BCUT2D eigenvalue weighted by Gasteiger charge is 2.26. The number of fused-ring (bicyclic) bond motifs is 1. The number of pyridine rings is 1. The van der Waals surface area contributed by atoms with Crippen LogP contribution >= 0.6 is 0 Å². The van der Waals surface area contributed by atoms with Gasteiger partial charge in [0.2, 0.25) is 5.91 Å². The molecular weight excluding hydrogens is 388 g/mol. The fraction of sp³-hybridized carbons (Fsp3) is 0.615. The number of aromatic nitrogens is 1. The van der Waals surface area contributed by atoms with Crippen LogP contribution in [0.15, 0.2) is 23.0 Å². The first kappa shape index (κ1) is 23.4. The zero-order chi connectivity index (χ0) is 22.4. The molecule has 0 spiro atoms. The second kappa shape index (κ2) is 10.8. The van der Waals surface area contributed by atoms with Gasteiger partial charge in [0, 0.05) is 30.1 Å². The normalized spacial score (nSPS) is 14.9. The molecule has 5 nitrogen and oxygen atoms in total. The van der Waals surface area contributed by atoms with Crippen LogP contribution in [0.1, 0.15) is 82.8 Å². The third-order valence-electron chi connectivity index (χ3n) is 6.53. The van der Waals surface area contributed by atoms with Crippen LogP contribution in [0.2, 0.25) is 0 Å². The number of benzene rings is 1. The molecule has 1 aliphatic rings. The van der Waals surface area contributed by atoms with E-state index >= 15 is 0 Å². The highest BCUT2D eigenvalue weighted by molar-refractivity contribution is 5.90. The summed E-state index contributed by atoms with van der Waals surface area (Å²) in [5, 5.41) is 0.967. The number of carbonyl (C=O) groups excluding carboxylic acids is 1. The van der Waals surface area contributed by atoms with Gasteiger partial charge in [0.25, 0.3) is 5.56 Å². The number of H-pyrrole nitrogens is 1. The lowest BCUT2D eigenvalue weighted by Crippen LogP contribution is -2.35. The molecule has 31 heavy (non-hydrogen) atoms. The van der Waals surface area contributed by atoms with Gasteiger partial charge in [-0.25, -0.2) is 0 Å². The van der Waals surface area contributed by atoms with Gasteiger partial charge in [-0.15, -0.1) is 0 Å². The second-order valence-electron chi connectivity index (χ2n) is 9.33. The SMILES string of the molecule is CCCN(CCC(C)C)C(=O)Cc1c(C2CCCCC2)c(=O)[nH]c2cc(OC)ccc12. The van der Waals surface area contributed by atoms with E-state index < -0.39 is 0 Å². The molecule has 0 aliphatic heterocycles. The summed E-state index contributed by atoms with van der Waals surface area (Å²) in [7, 11) is 1.62. The van der Waals surface area contributed by atoms with Crippen molar-refractivity contribution in [3.8, 4) is 5.75 Å². The number of ether oxygens (including phenoxy) is 1. The predicted molar refractivity (Wildman–Crippen MR) is 127 cm³/mol. The predicted octanol–water partition coefficient (Wildman–Crippen LogP) is 5.41. The highest BCUT2D eigenvalue weighted by atomic mass is 16.5. The van der Waals surface area contributed by atoms with E-state index in [1.807, 2.05) is 23.1 Å². The lowest BCUT2D eigenvalue weighted by Gasteiger charge is -2.27. The summed E-state index contributed by atoms with van der Waals surface area (Å²) in [5.74, 6) is 1.62. The van der Waals surface area contributed by atoms with Crippen molar-refractivity contribution in [1.29, 1.82) is 0 Å². The third kappa shape index (κ3) is 5.69. The van der Waals surface area contributed by atoms with Crippen molar-refractivity contribution < 1.29 is 9.53 Å². The van der Waals surface area contributed by atoms with Crippen molar-refractivity contribution >= 4 is 16.8 Å². The van der Waals surface area contributed by atoms with Crippen molar-refractivity contribution in [3.63, 3.8) is 0 Å². The monoisotopic (exact) mass is 426 g/mol. The van der Waals surface area contributed by atoms with E-state index in [1.54, 1.807) is 7.11 Å². The zero-order valence-electron chi connectivity index (χ0n) is 19.6. The first-order valence-corrected chi connectivity index (χ1v) is 11.9. The van der Waals surface area contributed by atoms with Crippen molar-refractivity contribution in [2.45, 2.75) is 78.1 Å². The Bertz CT molecular complexity index is 942. The topological polar surface area (TPSA) is 62.4 Å². The molecule has 0 bridgehead atoms. The molecule has 1 aliphatic carbocycles. The van der Waals surface area contributed by atoms with Gasteiger partial charge in [0.15, 0.2) is 0 Å². The standard InChI is InChI=1S/C26H38N2O3/c1-5-14-28(15-13-18(2)3)24(29)17-22-21-12-11-20(31-4)16-23(21)27-26(30)25(22)19-9-7-6-8-10-19/h11-12,16,18-19H,5-10,13-15,17H2,1-4H3,(H,27,30). The van der Waals surface area contributed by atoms with Gasteiger partial charge in [-0.05, 0) is 55.2 Å². The summed E-state index contributed by atoms with van der Waals surface area (Å²) in [4.78, 5) is 31.7. The summed E-state index contributed by atoms with van der Waals surface area (Å²) in [6, 6.07) is 5.77. The fourth-order valence-electron chi connectivity index (χ4n) is 4.81. The Morgan fingerprint density at radius 2 is 1.94 bits per heavy atom. The van der Waals surface area contributed by atoms with E-state index in [1.165, 1.54) is 6.42 Å². The van der Waals surface area contributed by atoms with Crippen LogP contribution in [-0.4, -0.2) is 36.0 Å². The Balaban J connectivity index is 2.04. The van der Waals surface area contributed by atoms with Crippen LogP contribution in [0.3, 0.4) is 0 Å². The molecule has 1 amide bonds. The van der Waals surface area contributed by atoms with Crippen LogP contribution in [-0.2, 0) is 11.2 Å². The molecule has 1 N–H and O–H groups in total. The van der Waals surface area contributed by atoms with E-state index in [4.69, 9.17) is 4.74 Å². The maximum Gasteiger partial charge on any atom is 0.252 e. The Kier molecular flexibility index (Phi) is 8.16. The number of hydrogen-bond acceptors (Lipinski definition) is 3. The molecule has 1 heterocycles. The maximum absolute atomic E-state index is 13.4. The van der Waals surface area contributed by atoms with Gasteiger partial charge in [0.05, 0.1) is 19.0 Å². The van der Waals surface area contributed by atoms with Gasteiger partial charge < -0.3 is 14.6 Å². The number of nitrogens with zero attached hydrogens (tertiary/aromatic N) is 1. The molecule has 5 heteroatoms. The Hall–Kier alpha value is -2.30. The van der Waals surface area contributed by atoms with Gasteiger partial charge in [-0.3, -0.25) is 9.59 Å². The number of rotatable bonds is 9. The van der Waals surface area contributed by atoms with Crippen LogP contribution in [0.4, 0.5) is 0 Å². The third-order valence-corrected chi connectivity index (χ3v) is 6.53. The minimum Gasteiger partial charge on any atom is -0.497 e. The van der Waals surface area contributed by atoms with Gasteiger partial charge >= 0.3 is 0 Å². The maximum atomic E-state index is 13.4. The lowest BCUT2D eigenvalue weighted by molar-refractivity contribution is -0.130. The fourth-order valence-corrected chi connectivity index (χ4v) is 4.81. The largest absolute Gasteiger partial charge is 0.497 e. The summed E-state index contributed by atoms with van der Waals surface area (Å²) in [5.41, 5.74) is 2.46. The molecule has 1 aromatic carbocycles. The molecule has 0 saturated heterocycles. The molecule has 3 rings (SSSR count). The quantitative estimate of drug-likeness (QED) is 0.583. The molecule has 0 atom stereocenters. The minimum absolute atomic E-state index is 0.0420. The average molecular weight is 427 g/mol. The Morgan fingerprint density at radius 1 is 1.19 bits per heavy atom. The van der Waals surface area contributed by atoms with Gasteiger partial charge in [-0.2, -0.15) is 0 Å². The van der Waals surface area contributed by atoms with Crippen molar-refractivity contribution in [1.82, 2.24) is 9.88 Å². The number of nitrogens with one attached hydrogen (secondary N) is 1. The van der Waals surface area contributed by atoms with Crippen molar-refractivity contribution in [3.05, 3.63) is 39.7 Å². The molecule has 1 saturated carbocycles. The summed E-state index contributed by atoms with van der Waals surface area (Å²) >= 11 is 0. The van der Waals surface area contributed by atoms with Crippen LogP contribution in [0, 0.1) is 5.92 Å². The van der Waals surface area contributed by atoms with Crippen LogP contribution in [0.5, 0.6) is 5.75 Å². The number of methoxy groups -OCH3 is 1. The summed E-state index contributed by atoms with van der Waals surface area (Å²) < 4.78 is 5.36. The number of hydrogen-bond donors (Lipinski definition) is 1. The number of carbonyl (C=O) groups is 1. The summed E-state index contributed by atoms with van der Waals surface area (Å²) in [6.45, 7) is 8.02. The second-order valence-corrected chi connectivity index (χ2v) is 9.33. The molecule has 1 fully saturated rings. The highest BCUT2D eigenvalue weighted by Crippen LogP contribution is 2.35. The van der Waals surface area contributed by atoms with Gasteiger partial charge in [0.1, 0.15) is 5.75 Å². The van der Waals surface area contributed by atoms with Gasteiger partial charge in [-0.1, -0.05) is 40.0 Å². The van der Waals surface area contributed by atoms with Crippen molar-refractivity contribution in [2.24, 2.45) is 5.92 Å².